The zero-order chi connectivity index (χ0) is 15.2. The minimum atomic E-state index is 0.136. The van der Waals surface area contributed by atoms with Gasteiger partial charge >= 0.3 is 0 Å². The number of benzene rings is 1. The van der Waals surface area contributed by atoms with Crippen molar-refractivity contribution in [1.29, 1.82) is 0 Å². The zero-order valence-corrected chi connectivity index (χ0v) is 13.2. The number of aryl methyl sites for hydroxylation is 1. The number of rotatable bonds is 4. The lowest BCUT2D eigenvalue weighted by molar-refractivity contribution is 0.398. The van der Waals surface area contributed by atoms with Crippen LogP contribution < -0.4 is 15.4 Å². The average molecular weight is 301 g/mol. The van der Waals surface area contributed by atoms with Crippen LogP contribution in [-0.2, 0) is 0 Å². The maximum Gasteiger partial charge on any atom is 0.213 e. The Hall–Kier alpha value is -2.14. The topological polar surface area (TPSA) is 46.2 Å². The fourth-order valence-corrected chi connectivity index (χ4v) is 2.38. The number of hydrogen-bond donors (Lipinski definition) is 2. The van der Waals surface area contributed by atoms with E-state index in [0.29, 0.717) is 11.0 Å². The normalized spacial score (nSPS) is 11.6. The van der Waals surface area contributed by atoms with Crippen LogP contribution in [0.25, 0.3) is 0 Å². The number of nitrogens with zero attached hydrogens (tertiary/aromatic N) is 1. The average Bonchev–Trinajstić information content (AvgIpc) is 2.48. The molecule has 0 aliphatic carbocycles. The van der Waals surface area contributed by atoms with Gasteiger partial charge in [0.2, 0.25) is 5.88 Å². The monoisotopic (exact) mass is 301 g/mol. The summed E-state index contributed by atoms with van der Waals surface area (Å²) in [4.78, 5) is 4.13. The first-order valence-corrected chi connectivity index (χ1v) is 7.14. The Morgan fingerprint density at radius 1 is 1.24 bits per heavy atom. The maximum absolute atomic E-state index is 5.34. The van der Waals surface area contributed by atoms with Gasteiger partial charge < -0.3 is 15.4 Å². The van der Waals surface area contributed by atoms with Crippen LogP contribution in [0, 0.1) is 6.92 Å². The molecule has 21 heavy (non-hydrogen) atoms. The van der Waals surface area contributed by atoms with E-state index < -0.39 is 0 Å². The minimum absolute atomic E-state index is 0.136. The Bertz CT molecular complexity index is 613. The van der Waals surface area contributed by atoms with Crippen LogP contribution in [0.2, 0.25) is 0 Å². The second-order valence-corrected chi connectivity index (χ2v) is 5.17. The molecule has 1 heterocycles. The summed E-state index contributed by atoms with van der Waals surface area (Å²) >= 11 is 5.34. The molecule has 0 spiro atoms. The first-order valence-electron chi connectivity index (χ1n) is 6.73. The molecule has 0 saturated carbocycles. The molecule has 1 aromatic heterocycles. The smallest absolute Gasteiger partial charge is 0.213 e. The highest BCUT2D eigenvalue weighted by molar-refractivity contribution is 7.80. The van der Waals surface area contributed by atoms with Gasteiger partial charge in [-0.3, -0.25) is 0 Å². The lowest BCUT2D eigenvalue weighted by Crippen LogP contribution is -2.31. The summed E-state index contributed by atoms with van der Waals surface area (Å²) in [7, 11) is 1.59. The maximum atomic E-state index is 5.34. The third kappa shape index (κ3) is 4.16. The van der Waals surface area contributed by atoms with Crippen molar-refractivity contribution in [3.63, 3.8) is 0 Å². The van der Waals surface area contributed by atoms with Crippen molar-refractivity contribution in [1.82, 2.24) is 10.3 Å². The second-order valence-electron chi connectivity index (χ2n) is 4.77. The highest BCUT2D eigenvalue weighted by Crippen LogP contribution is 2.17. The van der Waals surface area contributed by atoms with Crippen LogP contribution in [0.3, 0.4) is 0 Å². The van der Waals surface area contributed by atoms with E-state index in [1.807, 2.05) is 18.2 Å². The molecule has 0 aliphatic rings. The molecule has 2 aromatic rings. The third-order valence-electron chi connectivity index (χ3n) is 3.21. The van der Waals surface area contributed by atoms with Crippen molar-refractivity contribution in [3.05, 3.63) is 53.7 Å². The van der Waals surface area contributed by atoms with Gasteiger partial charge in [0.1, 0.15) is 0 Å². The molecule has 110 valence electrons. The number of methoxy groups -OCH3 is 1. The molecule has 1 unspecified atom stereocenters. The summed E-state index contributed by atoms with van der Waals surface area (Å²) in [6.07, 6.45) is 1.69. The van der Waals surface area contributed by atoms with Gasteiger partial charge in [-0.15, -0.1) is 0 Å². The summed E-state index contributed by atoms with van der Waals surface area (Å²) in [5.74, 6) is 0.577. The Morgan fingerprint density at radius 2 is 2.00 bits per heavy atom. The van der Waals surface area contributed by atoms with Gasteiger partial charge in [0.15, 0.2) is 5.11 Å². The molecule has 0 fully saturated rings. The summed E-state index contributed by atoms with van der Waals surface area (Å²) in [6, 6.07) is 12.1. The number of pyridine rings is 1. The molecular weight excluding hydrogens is 282 g/mol. The van der Waals surface area contributed by atoms with E-state index in [1.165, 1.54) is 11.1 Å². The van der Waals surface area contributed by atoms with Crippen LogP contribution in [0.5, 0.6) is 5.88 Å². The predicted octanol–water partition coefficient (Wildman–Crippen LogP) is 3.45. The quantitative estimate of drug-likeness (QED) is 0.847. The first kappa shape index (κ1) is 15.3. The Kier molecular flexibility index (Phi) is 5.11. The van der Waals surface area contributed by atoms with Gasteiger partial charge in [-0.05, 0) is 43.3 Å². The van der Waals surface area contributed by atoms with Crippen LogP contribution >= 0.6 is 12.2 Å². The summed E-state index contributed by atoms with van der Waals surface area (Å²) in [5.41, 5.74) is 3.30. The number of thiocarbonyl (C=S) groups is 1. The van der Waals surface area contributed by atoms with Crippen molar-refractivity contribution in [2.75, 3.05) is 12.4 Å². The van der Waals surface area contributed by atoms with Crippen LogP contribution in [0.4, 0.5) is 5.69 Å². The number of hydrogen-bond acceptors (Lipinski definition) is 3. The Labute approximate surface area is 130 Å². The van der Waals surface area contributed by atoms with Crippen molar-refractivity contribution in [2.24, 2.45) is 0 Å². The van der Waals surface area contributed by atoms with Crippen molar-refractivity contribution < 1.29 is 4.74 Å². The lowest BCUT2D eigenvalue weighted by Gasteiger charge is -2.19. The minimum Gasteiger partial charge on any atom is -0.481 e. The summed E-state index contributed by atoms with van der Waals surface area (Å²) in [6.45, 7) is 4.18. The molecule has 0 bridgehead atoms. The lowest BCUT2D eigenvalue weighted by atomic mass is 10.0. The molecular formula is C16H19N3OS. The van der Waals surface area contributed by atoms with Gasteiger partial charge in [-0.1, -0.05) is 24.3 Å². The molecule has 1 aromatic carbocycles. The van der Waals surface area contributed by atoms with E-state index in [-0.39, 0.29) is 6.04 Å². The molecule has 0 aliphatic heterocycles. The molecule has 1 atom stereocenters. The SMILES string of the molecule is COc1ccc(NC(=S)NC(C)c2ccccc2C)cn1. The molecule has 0 saturated heterocycles. The van der Waals surface area contributed by atoms with Gasteiger partial charge in [0.05, 0.1) is 25.0 Å². The van der Waals surface area contributed by atoms with E-state index in [1.54, 1.807) is 19.4 Å². The molecule has 0 amide bonds. The van der Waals surface area contributed by atoms with Gasteiger partial charge in [0, 0.05) is 6.07 Å². The van der Waals surface area contributed by atoms with Crippen molar-refractivity contribution in [3.8, 4) is 5.88 Å². The number of ether oxygens (including phenoxy) is 1. The third-order valence-corrected chi connectivity index (χ3v) is 3.43. The molecule has 2 N–H and O–H groups in total. The molecule has 5 heteroatoms. The van der Waals surface area contributed by atoms with E-state index in [9.17, 15) is 0 Å². The van der Waals surface area contributed by atoms with E-state index in [0.717, 1.165) is 5.69 Å². The standard InChI is InChI=1S/C16H19N3OS/c1-11-6-4-5-7-14(11)12(2)18-16(21)19-13-8-9-15(20-3)17-10-13/h4-10,12H,1-3H3,(H2,18,19,21). The van der Waals surface area contributed by atoms with E-state index >= 15 is 0 Å². The first-order chi connectivity index (χ1) is 10.1. The zero-order valence-electron chi connectivity index (χ0n) is 12.4. The van der Waals surface area contributed by atoms with Crippen LogP contribution in [-0.4, -0.2) is 17.2 Å². The second kappa shape index (κ2) is 7.04. The predicted molar refractivity (Wildman–Crippen MR) is 89.7 cm³/mol. The highest BCUT2D eigenvalue weighted by Gasteiger charge is 2.09. The van der Waals surface area contributed by atoms with Gasteiger partial charge in [-0.25, -0.2) is 4.98 Å². The van der Waals surface area contributed by atoms with Crippen LogP contribution in [0.15, 0.2) is 42.6 Å². The highest BCUT2D eigenvalue weighted by atomic mass is 32.1. The van der Waals surface area contributed by atoms with Gasteiger partial charge in [-0.2, -0.15) is 0 Å². The molecule has 0 radical (unpaired) electrons. The largest absolute Gasteiger partial charge is 0.481 e. The fourth-order valence-electron chi connectivity index (χ4n) is 2.09. The van der Waals surface area contributed by atoms with Gasteiger partial charge in [0.25, 0.3) is 0 Å². The number of aromatic nitrogens is 1. The van der Waals surface area contributed by atoms with Crippen molar-refractivity contribution >= 4 is 23.0 Å². The number of anilines is 1. The summed E-state index contributed by atoms with van der Waals surface area (Å²) in [5, 5.41) is 6.96. The fraction of sp³-hybridized carbons (Fsp3) is 0.250. The van der Waals surface area contributed by atoms with E-state index in [4.69, 9.17) is 17.0 Å². The Morgan fingerprint density at radius 3 is 2.62 bits per heavy atom. The summed E-state index contributed by atoms with van der Waals surface area (Å²) < 4.78 is 5.02. The number of nitrogens with one attached hydrogen (secondary N) is 2. The molecule has 4 nitrogen and oxygen atoms in total. The van der Waals surface area contributed by atoms with Crippen molar-refractivity contribution in [2.45, 2.75) is 19.9 Å². The van der Waals surface area contributed by atoms with Crippen LogP contribution in [0.1, 0.15) is 24.1 Å². The molecule has 2 rings (SSSR count). The van der Waals surface area contributed by atoms with E-state index in [2.05, 4.69) is 41.6 Å². The Balaban J connectivity index is 1.96.